The highest BCUT2D eigenvalue weighted by atomic mass is 35.5. The predicted molar refractivity (Wildman–Crippen MR) is 90.5 cm³/mol. The van der Waals surface area contributed by atoms with Crippen molar-refractivity contribution >= 4 is 11.6 Å². The second-order valence-electron chi connectivity index (χ2n) is 4.74. The molecule has 0 amide bonds. The quantitative estimate of drug-likeness (QED) is 0.575. The van der Waals surface area contributed by atoms with Gasteiger partial charge >= 0.3 is 0 Å². The molecule has 0 bridgehead atoms. The van der Waals surface area contributed by atoms with Gasteiger partial charge in [-0.1, -0.05) is 30.4 Å². The third-order valence-electron chi connectivity index (χ3n) is 2.89. The Bertz CT molecular complexity index is 621. The molecular weight excluding hydrogens is 296 g/mol. The molecule has 0 aromatic heterocycles. The van der Waals surface area contributed by atoms with Gasteiger partial charge in [0, 0.05) is 22.8 Å². The lowest BCUT2D eigenvalue weighted by molar-refractivity contribution is 0.101. The van der Waals surface area contributed by atoms with Crippen molar-refractivity contribution in [1.82, 2.24) is 0 Å². The van der Waals surface area contributed by atoms with E-state index >= 15 is 0 Å². The molecule has 0 radical (unpaired) electrons. The van der Waals surface area contributed by atoms with Crippen molar-refractivity contribution in [3.05, 3.63) is 64.7 Å². The highest BCUT2D eigenvalue weighted by Crippen LogP contribution is 2.12. The minimum absolute atomic E-state index is 0.565. The van der Waals surface area contributed by atoms with Crippen LogP contribution in [0.25, 0.3) is 0 Å². The number of halogens is 1. The molecular formula is C19H19ClO2. The fraction of sp³-hybridized carbons (Fsp3) is 0.263. The summed E-state index contributed by atoms with van der Waals surface area (Å²) in [6, 6.07) is 15.2. The van der Waals surface area contributed by atoms with Crippen LogP contribution in [0.4, 0.5) is 0 Å². The molecule has 2 aromatic carbocycles. The van der Waals surface area contributed by atoms with Crippen LogP contribution in [0.3, 0.4) is 0 Å². The summed E-state index contributed by atoms with van der Waals surface area (Å²) in [5.41, 5.74) is 1.89. The average Bonchev–Trinajstić information content (AvgIpc) is 2.55. The molecule has 0 fully saturated rings. The minimum atomic E-state index is 0.565. The van der Waals surface area contributed by atoms with Crippen LogP contribution >= 0.6 is 11.6 Å². The van der Waals surface area contributed by atoms with Gasteiger partial charge in [0.05, 0.1) is 6.61 Å². The Hall–Kier alpha value is -1.95. The van der Waals surface area contributed by atoms with E-state index in [1.54, 1.807) is 0 Å². The molecule has 0 aliphatic heterocycles. The number of ether oxygens (including phenoxy) is 2. The molecule has 2 aromatic rings. The van der Waals surface area contributed by atoms with Crippen LogP contribution in [0, 0.1) is 11.8 Å². The first-order chi connectivity index (χ1) is 10.8. The first-order valence-electron chi connectivity index (χ1n) is 7.36. The topological polar surface area (TPSA) is 18.5 Å². The lowest BCUT2D eigenvalue weighted by atomic mass is 10.2. The molecule has 0 atom stereocenters. The van der Waals surface area contributed by atoms with Gasteiger partial charge in [0.2, 0.25) is 0 Å². The molecule has 2 nitrogen and oxygen atoms in total. The molecule has 0 saturated heterocycles. The minimum Gasteiger partial charge on any atom is -0.491 e. The van der Waals surface area contributed by atoms with E-state index in [1.165, 1.54) is 0 Å². The maximum Gasteiger partial charge on any atom is 0.119 e. The second kappa shape index (κ2) is 9.15. The van der Waals surface area contributed by atoms with Crippen LogP contribution in [-0.2, 0) is 4.74 Å². The summed E-state index contributed by atoms with van der Waals surface area (Å²) < 4.78 is 11.0. The van der Waals surface area contributed by atoms with Gasteiger partial charge < -0.3 is 9.47 Å². The van der Waals surface area contributed by atoms with Crippen molar-refractivity contribution in [1.29, 1.82) is 0 Å². The van der Waals surface area contributed by atoms with Gasteiger partial charge in [-0.25, -0.2) is 0 Å². The summed E-state index contributed by atoms with van der Waals surface area (Å²) in [7, 11) is 0. The Morgan fingerprint density at radius 2 is 1.41 bits per heavy atom. The third kappa shape index (κ3) is 5.81. The summed E-state index contributed by atoms with van der Waals surface area (Å²) in [5, 5.41) is 0.718. The van der Waals surface area contributed by atoms with Crippen molar-refractivity contribution in [3.8, 4) is 17.6 Å². The van der Waals surface area contributed by atoms with E-state index in [9.17, 15) is 0 Å². The fourth-order valence-electron chi connectivity index (χ4n) is 1.78. The van der Waals surface area contributed by atoms with Crippen LogP contribution in [0.5, 0.6) is 5.75 Å². The van der Waals surface area contributed by atoms with E-state index in [-0.39, 0.29) is 0 Å². The largest absolute Gasteiger partial charge is 0.491 e. The van der Waals surface area contributed by atoms with Gasteiger partial charge in [0.15, 0.2) is 0 Å². The highest BCUT2D eigenvalue weighted by molar-refractivity contribution is 6.30. The van der Waals surface area contributed by atoms with Crippen LogP contribution in [-0.4, -0.2) is 19.8 Å². The lowest BCUT2D eigenvalue weighted by Crippen LogP contribution is -2.06. The van der Waals surface area contributed by atoms with Crippen molar-refractivity contribution < 1.29 is 9.47 Å². The van der Waals surface area contributed by atoms with E-state index in [0.717, 1.165) is 34.9 Å². The van der Waals surface area contributed by atoms with Gasteiger partial charge in [-0.2, -0.15) is 0 Å². The average molecular weight is 315 g/mol. The molecule has 0 heterocycles. The zero-order chi connectivity index (χ0) is 15.6. The number of benzene rings is 2. The van der Waals surface area contributed by atoms with Gasteiger partial charge in [0.25, 0.3) is 0 Å². The van der Waals surface area contributed by atoms with Crippen LogP contribution < -0.4 is 4.74 Å². The normalized spacial score (nSPS) is 9.91. The zero-order valence-electron chi connectivity index (χ0n) is 12.6. The first-order valence-corrected chi connectivity index (χ1v) is 7.74. The molecule has 0 unspecified atom stereocenters. The van der Waals surface area contributed by atoms with E-state index in [1.807, 2.05) is 48.5 Å². The fourth-order valence-corrected chi connectivity index (χ4v) is 1.90. The molecule has 0 saturated carbocycles. The van der Waals surface area contributed by atoms with Crippen LogP contribution in [0.2, 0.25) is 5.02 Å². The monoisotopic (exact) mass is 314 g/mol. The Labute approximate surface area is 137 Å². The molecule has 3 heteroatoms. The van der Waals surface area contributed by atoms with E-state index in [4.69, 9.17) is 21.1 Å². The van der Waals surface area contributed by atoms with E-state index in [2.05, 4.69) is 18.8 Å². The van der Waals surface area contributed by atoms with Crippen molar-refractivity contribution in [2.75, 3.05) is 19.8 Å². The molecule has 0 N–H and O–H groups in total. The van der Waals surface area contributed by atoms with Crippen molar-refractivity contribution in [3.63, 3.8) is 0 Å². The molecule has 0 spiro atoms. The van der Waals surface area contributed by atoms with Crippen LogP contribution in [0.15, 0.2) is 48.5 Å². The molecule has 0 aliphatic rings. The summed E-state index contributed by atoms with van der Waals surface area (Å²) in [6.45, 7) is 4.05. The van der Waals surface area contributed by atoms with Gasteiger partial charge in [-0.3, -0.25) is 0 Å². The van der Waals surface area contributed by atoms with E-state index in [0.29, 0.717) is 13.2 Å². The van der Waals surface area contributed by atoms with Gasteiger partial charge in [-0.05, 0) is 55.0 Å². The van der Waals surface area contributed by atoms with Gasteiger partial charge in [0.1, 0.15) is 12.4 Å². The maximum atomic E-state index is 5.84. The summed E-state index contributed by atoms with van der Waals surface area (Å²) in [4.78, 5) is 0. The number of hydrogen-bond acceptors (Lipinski definition) is 2. The molecule has 114 valence electrons. The lowest BCUT2D eigenvalue weighted by Gasteiger charge is -2.06. The molecule has 2 rings (SSSR count). The first kappa shape index (κ1) is 16.4. The smallest absolute Gasteiger partial charge is 0.119 e. The van der Waals surface area contributed by atoms with E-state index < -0.39 is 0 Å². The molecule has 22 heavy (non-hydrogen) atoms. The highest BCUT2D eigenvalue weighted by Gasteiger charge is 1.94. The number of hydrogen-bond donors (Lipinski definition) is 0. The summed E-state index contributed by atoms with van der Waals surface area (Å²) >= 11 is 5.84. The second-order valence-corrected chi connectivity index (χ2v) is 5.18. The standard InChI is InChI=1S/C19H19ClO2/c1-2-13-21-14-15-22-19-11-7-17(8-12-19)4-3-16-5-9-18(20)10-6-16/h5-12H,2,13-15H2,1H3. The maximum absolute atomic E-state index is 5.84. The Balaban J connectivity index is 1.85. The third-order valence-corrected chi connectivity index (χ3v) is 3.15. The van der Waals surface area contributed by atoms with Crippen molar-refractivity contribution in [2.24, 2.45) is 0 Å². The van der Waals surface area contributed by atoms with Gasteiger partial charge in [-0.15, -0.1) is 0 Å². The summed E-state index contributed by atoms with van der Waals surface area (Å²) in [6.07, 6.45) is 1.03. The number of rotatable bonds is 6. The Morgan fingerprint density at radius 1 is 0.818 bits per heavy atom. The van der Waals surface area contributed by atoms with Crippen molar-refractivity contribution in [2.45, 2.75) is 13.3 Å². The predicted octanol–water partition coefficient (Wildman–Crippen LogP) is 4.55. The zero-order valence-corrected chi connectivity index (χ0v) is 13.4. The molecule has 0 aliphatic carbocycles. The Morgan fingerprint density at radius 3 is 2.00 bits per heavy atom. The van der Waals surface area contributed by atoms with Crippen LogP contribution in [0.1, 0.15) is 24.5 Å². The SMILES string of the molecule is CCCOCCOc1ccc(C#Cc2ccc(Cl)cc2)cc1. The summed E-state index contributed by atoms with van der Waals surface area (Å²) in [5.74, 6) is 7.05. The Kier molecular flexibility index (Phi) is 6.83.